The Hall–Kier alpha value is -3.58. The Bertz CT molecular complexity index is 1520. The number of imidazole rings is 1. The van der Waals surface area contributed by atoms with Crippen LogP contribution in [0, 0.1) is 13.8 Å². The van der Waals surface area contributed by atoms with Crippen molar-refractivity contribution in [1.29, 1.82) is 0 Å². The minimum Gasteiger partial charge on any atom is -0.465 e. The number of esters is 1. The Morgan fingerprint density at radius 3 is 2.64 bits per heavy atom. The van der Waals surface area contributed by atoms with E-state index in [2.05, 4.69) is 42.7 Å². The molecule has 0 N–H and O–H groups in total. The van der Waals surface area contributed by atoms with Crippen LogP contribution in [0.4, 0.5) is 0 Å². The zero-order chi connectivity index (χ0) is 23.1. The van der Waals surface area contributed by atoms with E-state index in [0.717, 1.165) is 61.0 Å². The second-order valence-corrected chi connectivity index (χ2v) is 9.07. The number of hydrogen-bond acceptors (Lipinski definition) is 6. The first-order valence-electron chi connectivity index (χ1n) is 10.9. The molecule has 0 aliphatic heterocycles. The van der Waals surface area contributed by atoms with Crippen molar-refractivity contribution in [2.24, 2.45) is 0 Å². The maximum atomic E-state index is 12.3. The van der Waals surface area contributed by atoms with E-state index in [4.69, 9.17) is 19.7 Å². The molecule has 3 aromatic heterocycles. The van der Waals surface area contributed by atoms with Crippen LogP contribution in [-0.2, 0) is 17.7 Å². The molecule has 0 unspecified atom stereocenters. The highest BCUT2D eigenvalue weighted by Gasteiger charge is 2.19. The van der Waals surface area contributed by atoms with E-state index in [0.29, 0.717) is 12.1 Å². The fourth-order valence-electron chi connectivity index (χ4n) is 4.26. The summed E-state index contributed by atoms with van der Waals surface area (Å²) in [4.78, 5) is 26.9. The molecule has 7 heteroatoms. The van der Waals surface area contributed by atoms with Crippen LogP contribution in [0.3, 0.4) is 0 Å². The minimum atomic E-state index is -0.362. The van der Waals surface area contributed by atoms with Gasteiger partial charge in [0.15, 0.2) is 5.65 Å². The Labute approximate surface area is 195 Å². The lowest BCUT2D eigenvalue weighted by Crippen LogP contribution is -2.06. The zero-order valence-electron chi connectivity index (χ0n) is 19.0. The number of nitrogens with zero attached hydrogens (tertiary/aromatic N) is 4. The third-order valence-corrected chi connectivity index (χ3v) is 6.86. The topological polar surface area (TPSA) is 69.9 Å². The molecule has 0 radical (unpaired) electrons. The fraction of sp³-hybridized carbons (Fsp3) is 0.231. The molecular weight excluding hydrogens is 432 g/mol. The van der Waals surface area contributed by atoms with Crippen LogP contribution in [-0.4, -0.2) is 32.6 Å². The van der Waals surface area contributed by atoms with Crippen molar-refractivity contribution in [3.8, 4) is 10.6 Å². The van der Waals surface area contributed by atoms with E-state index in [-0.39, 0.29) is 5.97 Å². The Morgan fingerprint density at radius 2 is 1.85 bits per heavy atom. The lowest BCUT2D eigenvalue weighted by atomic mass is 10.1. The highest BCUT2D eigenvalue weighted by Crippen LogP contribution is 2.34. The first-order valence-corrected chi connectivity index (χ1v) is 11.7. The third kappa shape index (κ3) is 3.68. The quantitative estimate of drug-likeness (QED) is 0.316. The minimum absolute atomic E-state index is 0.362. The van der Waals surface area contributed by atoms with Gasteiger partial charge in [0.05, 0.1) is 29.4 Å². The first kappa shape index (κ1) is 21.3. The van der Waals surface area contributed by atoms with Crippen molar-refractivity contribution in [1.82, 2.24) is 19.5 Å². The summed E-state index contributed by atoms with van der Waals surface area (Å²) in [5.74, 6) is 0.647. The van der Waals surface area contributed by atoms with Crippen molar-refractivity contribution < 1.29 is 9.53 Å². The molecule has 3 heterocycles. The standard InChI is InChI=1S/C26H24N4O2S/c1-5-21-28-22-15(2)13-16(3)27-24(22)30(21)14-17-9-8-12-20-23(17)29-25(33-20)18-10-6-7-11-19(18)26(31)32-4/h6-13H,5,14H2,1-4H3. The van der Waals surface area contributed by atoms with Crippen LogP contribution in [0.25, 0.3) is 32.0 Å². The summed E-state index contributed by atoms with van der Waals surface area (Å²) in [6.45, 7) is 6.85. The van der Waals surface area contributed by atoms with Gasteiger partial charge in [0.2, 0.25) is 0 Å². The van der Waals surface area contributed by atoms with E-state index in [9.17, 15) is 4.79 Å². The molecule has 6 nitrogen and oxygen atoms in total. The summed E-state index contributed by atoms with van der Waals surface area (Å²) in [6, 6.07) is 15.7. The molecule has 0 aliphatic carbocycles. The number of hydrogen-bond donors (Lipinski definition) is 0. The third-order valence-electron chi connectivity index (χ3n) is 5.81. The van der Waals surface area contributed by atoms with Gasteiger partial charge in [-0.3, -0.25) is 0 Å². The van der Waals surface area contributed by atoms with Crippen LogP contribution in [0.2, 0.25) is 0 Å². The number of ether oxygens (including phenoxy) is 1. The molecule has 0 saturated carbocycles. The molecule has 0 spiro atoms. The number of methoxy groups -OCH3 is 1. The number of benzene rings is 2. The van der Waals surface area contributed by atoms with Gasteiger partial charge in [-0.2, -0.15) is 0 Å². The molecule has 166 valence electrons. The number of pyridine rings is 1. The predicted octanol–water partition coefficient (Wildman–Crippen LogP) is 5.72. The molecule has 0 saturated heterocycles. The van der Waals surface area contributed by atoms with Crippen LogP contribution < -0.4 is 0 Å². The fourth-order valence-corrected chi connectivity index (χ4v) is 5.31. The Kier molecular flexibility index (Phi) is 5.42. The normalized spacial score (nSPS) is 11.4. The molecule has 0 amide bonds. The van der Waals surface area contributed by atoms with Crippen molar-refractivity contribution in [3.05, 3.63) is 76.7 Å². The van der Waals surface area contributed by atoms with Crippen molar-refractivity contribution in [3.63, 3.8) is 0 Å². The van der Waals surface area contributed by atoms with Crippen molar-refractivity contribution in [2.45, 2.75) is 33.7 Å². The van der Waals surface area contributed by atoms with Gasteiger partial charge in [-0.15, -0.1) is 11.3 Å². The van der Waals surface area contributed by atoms with E-state index in [1.807, 2.05) is 25.1 Å². The number of aromatic nitrogens is 4. The zero-order valence-corrected chi connectivity index (χ0v) is 19.9. The van der Waals surface area contributed by atoms with Gasteiger partial charge in [0.1, 0.15) is 16.3 Å². The van der Waals surface area contributed by atoms with Gasteiger partial charge in [0, 0.05) is 17.7 Å². The van der Waals surface area contributed by atoms with Crippen molar-refractivity contribution >= 4 is 38.7 Å². The highest BCUT2D eigenvalue weighted by atomic mass is 32.1. The number of para-hydroxylation sites is 1. The SMILES string of the molecule is CCc1nc2c(C)cc(C)nc2n1Cc1cccc2sc(-c3ccccc3C(=O)OC)nc12. The van der Waals surface area contributed by atoms with E-state index in [1.165, 1.54) is 7.11 Å². The molecule has 5 aromatic rings. The van der Waals surface area contributed by atoms with E-state index in [1.54, 1.807) is 17.4 Å². The largest absolute Gasteiger partial charge is 0.465 e. The molecule has 5 rings (SSSR count). The molecule has 2 aromatic carbocycles. The van der Waals surface area contributed by atoms with Crippen LogP contribution in [0.15, 0.2) is 48.5 Å². The molecule has 0 bridgehead atoms. The van der Waals surface area contributed by atoms with Crippen LogP contribution >= 0.6 is 11.3 Å². The summed E-state index contributed by atoms with van der Waals surface area (Å²) in [5, 5.41) is 0.800. The summed E-state index contributed by atoms with van der Waals surface area (Å²) in [5.41, 5.74) is 7.32. The maximum absolute atomic E-state index is 12.3. The molecule has 0 fully saturated rings. The highest BCUT2D eigenvalue weighted by molar-refractivity contribution is 7.21. The van der Waals surface area contributed by atoms with Gasteiger partial charge in [0.25, 0.3) is 0 Å². The average Bonchev–Trinajstić information content (AvgIpc) is 3.41. The van der Waals surface area contributed by atoms with Crippen molar-refractivity contribution in [2.75, 3.05) is 7.11 Å². The first-order chi connectivity index (χ1) is 16.0. The number of carbonyl (C=O) groups is 1. The van der Waals surface area contributed by atoms with Gasteiger partial charge in [-0.25, -0.2) is 19.7 Å². The van der Waals surface area contributed by atoms with Gasteiger partial charge in [-0.1, -0.05) is 37.3 Å². The number of thiazole rings is 1. The number of carbonyl (C=O) groups excluding carboxylic acids is 1. The second-order valence-electron chi connectivity index (χ2n) is 8.04. The Balaban J connectivity index is 1.64. The molecule has 33 heavy (non-hydrogen) atoms. The second kappa shape index (κ2) is 8.41. The number of fused-ring (bicyclic) bond motifs is 2. The molecule has 0 atom stereocenters. The van der Waals surface area contributed by atoms with E-state index < -0.39 is 0 Å². The van der Waals surface area contributed by atoms with E-state index >= 15 is 0 Å². The van der Waals surface area contributed by atoms with Gasteiger partial charge < -0.3 is 9.30 Å². The Morgan fingerprint density at radius 1 is 1.03 bits per heavy atom. The summed E-state index contributed by atoms with van der Waals surface area (Å²) >= 11 is 1.58. The van der Waals surface area contributed by atoms with Crippen LogP contribution in [0.1, 0.15) is 39.9 Å². The summed E-state index contributed by atoms with van der Waals surface area (Å²) < 4.78 is 8.25. The smallest absolute Gasteiger partial charge is 0.338 e. The number of aryl methyl sites for hydroxylation is 3. The lowest BCUT2D eigenvalue weighted by Gasteiger charge is -2.09. The monoisotopic (exact) mass is 456 g/mol. The van der Waals surface area contributed by atoms with Gasteiger partial charge >= 0.3 is 5.97 Å². The summed E-state index contributed by atoms with van der Waals surface area (Å²) in [6.07, 6.45) is 0.819. The number of rotatable bonds is 5. The van der Waals surface area contributed by atoms with Gasteiger partial charge in [-0.05, 0) is 43.2 Å². The van der Waals surface area contributed by atoms with Crippen LogP contribution in [0.5, 0.6) is 0 Å². The average molecular weight is 457 g/mol. The molecule has 0 aliphatic rings. The summed E-state index contributed by atoms with van der Waals surface area (Å²) in [7, 11) is 1.40. The lowest BCUT2D eigenvalue weighted by molar-refractivity contribution is 0.0601. The maximum Gasteiger partial charge on any atom is 0.338 e. The molecular formula is C26H24N4O2S. The predicted molar refractivity (Wildman–Crippen MR) is 132 cm³/mol.